The predicted octanol–water partition coefficient (Wildman–Crippen LogP) is 3.12. The highest BCUT2D eigenvalue weighted by molar-refractivity contribution is 7.93. The summed E-state index contributed by atoms with van der Waals surface area (Å²) in [7, 11) is -3.71. The normalized spacial score (nSPS) is 19.8. The van der Waals surface area contributed by atoms with Gasteiger partial charge in [-0.2, -0.15) is 0 Å². The lowest BCUT2D eigenvalue weighted by Crippen LogP contribution is -2.52. The maximum atomic E-state index is 13.2. The van der Waals surface area contributed by atoms with Crippen molar-refractivity contribution >= 4 is 43.8 Å². The van der Waals surface area contributed by atoms with Crippen molar-refractivity contribution in [3.05, 3.63) is 66.2 Å². The van der Waals surface area contributed by atoms with E-state index in [1.807, 2.05) is 18.2 Å². The second-order valence-electron chi connectivity index (χ2n) is 8.09. The molecule has 1 amide bonds. The number of benzene rings is 2. The number of piperazine rings is 1. The van der Waals surface area contributed by atoms with Gasteiger partial charge in [0.05, 0.1) is 10.9 Å². The fourth-order valence-corrected chi connectivity index (χ4v) is 6.23. The van der Waals surface area contributed by atoms with Gasteiger partial charge in [0, 0.05) is 57.1 Å². The van der Waals surface area contributed by atoms with Crippen LogP contribution in [0.25, 0.3) is 0 Å². The molecule has 2 saturated heterocycles. The first-order valence-corrected chi connectivity index (χ1v) is 13.3. The summed E-state index contributed by atoms with van der Waals surface area (Å²) in [4.78, 5) is 23.7. The molecule has 2 aliphatic rings. The molecule has 3 heterocycles. The van der Waals surface area contributed by atoms with Crippen molar-refractivity contribution in [1.29, 1.82) is 0 Å². The average Bonchev–Trinajstić information content (AvgIpc) is 3.49. The molecule has 10 heteroatoms. The topological polar surface area (TPSA) is 85.9 Å². The lowest BCUT2D eigenvalue weighted by Gasteiger charge is -2.38. The third-order valence-electron chi connectivity index (χ3n) is 6.17. The van der Waals surface area contributed by atoms with Crippen molar-refractivity contribution in [2.24, 2.45) is 0 Å². The number of sulfonamides is 1. The first-order valence-electron chi connectivity index (χ1n) is 10.9. The Morgan fingerprint density at radius 3 is 2.33 bits per heavy atom. The number of para-hydroxylation sites is 1. The molecular weight excluding hydrogens is 458 g/mol. The minimum absolute atomic E-state index is 0. The molecule has 0 unspecified atom stereocenters. The lowest BCUT2D eigenvalue weighted by molar-refractivity contribution is -0.121. The van der Waals surface area contributed by atoms with Gasteiger partial charge >= 0.3 is 0 Å². The monoisotopic (exact) mass is 485 g/mol. The molecule has 174 valence electrons. The van der Waals surface area contributed by atoms with Crippen LogP contribution in [0.2, 0.25) is 0 Å². The van der Waals surface area contributed by atoms with Gasteiger partial charge in [-0.15, -0.1) is 11.3 Å². The Bertz CT molecular complexity index is 1200. The van der Waals surface area contributed by atoms with Crippen molar-refractivity contribution in [3.8, 4) is 0 Å². The quantitative estimate of drug-likeness (QED) is 0.578. The average molecular weight is 486 g/mol. The van der Waals surface area contributed by atoms with E-state index in [0.717, 1.165) is 38.3 Å². The van der Waals surface area contributed by atoms with Gasteiger partial charge in [-0.05, 0) is 42.8 Å². The first kappa shape index (κ1) is 21.9. The summed E-state index contributed by atoms with van der Waals surface area (Å²) in [5.74, 6) is 0.0830. The zero-order chi connectivity index (χ0) is 22.8. The zero-order valence-corrected chi connectivity index (χ0v) is 19.6. The Hall–Kier alpha value is -2.95. The van der Waals surface area contributed by atoms with Crippen LogP contribution in [0.15, 0.2) is 71.1 Å². The van der Waals surface area contributed by atoms with Crippen LogP contribution in [0.4, 0.5) is 16.5 Å². The van der Waals surface area contributed by atoms with Crippen LogP contribution < -0.4 is 14.5 Å². The van der Waals surface area contributed by atoms with Gasteiger partial charge < -0.3 is 9.80 Å². The largest absolute Gasteiger partial charge is 0.369 e. The van der Waals surface area contributed by atoms with Gasteiger partial charge in [-0.3, -0.25) is 14.4 Å². The number of nitrogens with one attached hydrogen (secondary N) is 1. The Balaban J connectivity index is 0.00000274. The van der Waals surface area contributed by atoms with Crippen molar-refractivity contribution in [2.45, 2.75) is 17.4 Å². The second-order valence-corrected chi connectivity index (χ2v) is 10.7. The van der Waals surface area contributed by atoms with Gasteiger partial charge in [-0.1, -0.05) is 18.2 Å². The van der Waals surface area contributed by atoms with E-state index in [1.165, 1.54) is 29.2 Å². The maximum Gasteiger partial charge on any atom is 0.263 e. The lowest BCUT2D eigenvalue weighted by atomic mass is 10.1. The molecular formula is C23H27N5O3S2. The summed E-state index contributed by atoms with van der Waals surface area (Å²) in [5, 5.41) is 2.03. The summed E-state index contributed by atoms with van der Waals surface area (Å²) in [5.41, 5.74) is 1.94. The Kier molecular flexibility index (Phi) is 6.05. The first-order chi connectivity index (χ1) is 16.0. The molecule has 1 N–H and O–H groups in total. The van der Waals surface area contributed by atoms with E-state index in [-0.39, 0.29) is 18.3 Å². The van der Waals surface area contributed by atoms with Crippen LogP contribution >= 0.6 is 11.3 Å². The van der Waals surface area contributed by atoms with Gasteiger partial charge in [0.25, 0.3) is 10.0 Å². The molecule has 2 aliphatic heterocycles. The number of rotatable bonds is 6. The SMILES string of the molecule is O=C1[C@@H](N2CCN(c3ccccc3)CC2)CCN1c1ccc(S(=O)(=O)Nc2nccs2)cc1.[HH]. The van der Waals surface area contributed by atoms with Gasteiger partial charge in [0.1, 0.15) is 0 Å². The molecule has 33 heavy (non-hydrogen) atoms. The standard InChI is InChI=1S/C23H25N5O3S2.H2/c29-22-21(27-15-13-26(14-16-27)18-4-2-1-3-5-18)10-12-28(22)19-6-8-20(9-7-19)33(30,31)25-23-24-11-17-32-23;/h1-9,11,17,21H,10,12-16H2,(H,24,25);1H/t21-;/m0./s1. The molecule has 0 bridgehead atoms. The summed E-state index contributed by atoms with van der Waals surface area (Å²) >= 11 is 1.22. The van der Waals surface area contributed by atoms with Gasteiger partial charge in [-0.25, -0.2) is 13.4 Å². The maximum absolute atomic E-state index is 13.2. The number of hydrogen-bond acceptors (Lipinski definition) is 7. The second kappa shape index (κ2) is 9.12. The number of carbonyl (C=O) groups excluding carboxylic acids is 1. The molecule has 3 aromatic rings. The number of hydrogen-bond donors (Lipinski definition) is 1. The third-order valence-corrected chi connectivity index (χ3v) is 8.34. The molecule has 0 spiro atoms. The molecule has 0 aliphatic carbocycles. The highest BCUT2D eigenvalue weighted by Crippen LogP contribution is 2.27. The zero-order valence-electron chi connectivity index (χ0n) is 18.0. The summed E-state index contributed by atoms with van der Waals surface area (Å²) in [6.45, 7) is 4.11. The Morgan fingerprint density at radius 1 is 0.939 bits per heavy atom. The fraction of sp³-hybridized carbons (Fsp3) is 0.304. The minimum atomic E-state index is -3.71. The van der Waals surface area contributed by atoms with E-state index in [9.17, 15) is 13.2 Å². The molecule has 1 atom stereocenters. The Morgan fingerprint density at radius 2 is 1.67 bits per heavy atom. The Labute approximate surface area is 199 Å². The molecule has 5 rings (SSSR count). The van der Waals surface area contributed by atoms with Crippen molar-refractivity contribution in [2.75, 3.05) is 47.2 Å². The van der Waals surface area contributed by atoms with Gasteiger partial charge in [0.15, 0.2) is 5.13 Å². The molecule has 0 radical (unpaired) electrons. The molecule has 0 saturated carbocycles. The third kappa shape index (κ3) is 4.59. The highest BCUT2D eigenvalue weighted by atomic mass is 32.2. The fourth-order valence-electron chi connectivity index (χ4n) is 4.44. The van der Waals surface area contributed by atoms with Crippen LogP contribution in [0.3, 0.4) is 0 Å². The predicted molar refractivity (Wildman–Crippen MR) is 132 cm³/mol. The van der Waals surface area contributed by atoms with Crippen LogP contribution in [0.1, 0.15) is 7.85 Å². The summed E-state index contributed by atoms with van der Waals surface area (Å²) in [6.07, 6.45) is 2.32. The van der Waals surface area contributed by atoms with Crippen LogP contribution in [-0.4, -0.2) is 63.0 Å². The number of nitrogens with zero attached hydrogens (tertiary/aromatic N) is 4. The van der Waals surface area contributed by atoms with E-state index >= 15 is 0 Å². The molecule has 8 nitrogen and oxygen atoms in total. The van der Waals surface area contributed by atoms with Crippen LogP contribution in [0.5, 0.6) is 0 Å². The van der Waals surface area contributed by atoms with Crippen molar-refractivity contribution in [1.82, 2.24) is 9.88 Å². The molecule has 1 aromatic heterocycles. The number of amides is 1. The van der Waals surface area contributed by atoms with E-state index < -0.39 is 10.0 Å². The smallest absolute Gasteiger partial charge is 0.263 e. The summed E-state index contributed by atoms with van der Waals surface area (Å²) in [6, 6.07) is 16.7. The molecule has 2 aromatic carbocycles. The van der Waals surface area contributed by atoms with E-state index in [4.69, 9.17) is 0 Å². The minimum Gasteiger partial charge on any atom is -0.369 e. The van der Waals surface area contributed by atoms with Crippen molar-refractivity contribution in [3.63, 3.8) is 0 Å². The number of carbonyl (C=O) groups is 1. The molecule has 2 fully saturated rings. The number of aromatic nitrogens is 1. The van der Waals surface area contributed by atoms with Gasteiger partial charge in [0.2, 0.25) is 5.91 Å². The summed E-state index contributed by atoms with van der Waals surface area (Å²) < 4.78 is 27.6. The van der Waals surface area contributed by atoms with Crippen LogP contribution in [-0.2, 0) is 14.8 Å². The number of thiazole rings is 1. The van der Waals surface area contributed by atoms with Crippen molar-refractivity contribution < 1.29 is 14.6 Å². The van der Waals surface area contributed by atoms with E-state index in [2.05, 4.69) is 31.6 Å². The number of anilines is 3. The highest BCUT2D eigenvalue weighted by Gasteiger charge is 2.37. The van der Waals surface area contributed by atoms with Crippen LogP contribution in [0, 0.1) is 0 Å². The van der Waals surface area contributed by atoms with E-state index in [1.54, 1.807) is 28.6 Å². The van der Waals surface area contributed by atoms with E-state index in [0.29, 0.717) is 11.7 Å².